The lowest BCUT2D eigenvalue weighted by Gasteiger charge is -2.29. The molecule has 2 rings (SSSR count). The summed E-state index contributed by atoms with van der Waals surface area (Å²) in [5.41, 5.74) is 0.733. The van der Waals surface area contributed by atoms with Gasteiger partial charge >= 0.3 is 0 Å². The zero-order valence-corrected chi connectivity index (χ0v) is 14.2. The zero-order chi connectivity index (χ0) is 16.0. The van der Waals surface area contributed by atoms with Crippen molar-refractivity contribution in [2.45, 2.75) is 38.0 Å². The van der Waals surface area contributed by atoms with Crippen molar-refractivity contribution in [1.29, 1.82) is 0 Å². The van der Waals surface area contributed by atoms with Crippen molar-refractivity contribution in [3.8, 4) is 5.75 Å². The molecule has 1 aromatic rings. The van der Waals surface area contributed by atoms with E-state index in [1.807, 2.05) is 13.0 Å². The van der Waals surface area contributed by atoms with Crippen molar-refractivity contribution < 1.29 is 13.2 Å². The van der Waals surface area contributed by atoms with Crippen LogP contribution in [0.3, 0.4) is 0 Å². The molecule has 1 aliphatic rings. The van der Waals surface area contributed by atoms with Crippen molar-refractivity contribution in [2.75, 3.05) is 26.7 Å². The average molecular weight is 326 g/mol. The van der Waals surface area contributed by atoms with E-state index in [2.05, 4.69) is 9.62 Å². The summed E-state index contributed by atoms with van der Waals surface area (Å²) in [6, 6.07) is 7.10. The maximum Gasteiger partial charge on any atom is 0.216 e. The molecule has 0 spiro atoms. The van der Waals surface area contributed by atoms with Gasteiger partial charge in [-0.1, -0.05) is 18.6 Å². The molecule has 6 heteroatoms. The van der Waals surface area contributed by atoms with Gasteiger partial charge in [0.2, 0.25) is 10.0 Å². The lowest BCUT2D eigenvalue weighted by molar-refractivity contribution is 0.215. The van der Waals surface area contributed by atoms with Crippen molar-refractivity contribution >= 4 is 10.0 Å². The van der Waals surface area contributed by atoms with Gasteiger partial charge in [0.1, 0.15) is 5.75 Å². The van der Waals surface area contributed by atoms with Crippen LogP contribution in [-0.4, -0.2) is 46.1 Å². The van der Waals surface area contributed by atoms with E-state index < -0.39 is 10.0 Å². The summed E-state index contributed by atoms with van der Waals surface area (Å²) in [4.78, 5) is 2.34. The van der Waals surface area contributed by atoms with Crippen LogP contribution in [0.4, 0.5) is 0 Å². The molecule has 0 bridgehead atoms. The van der Waals surface area contributed by atoms with Gasteiger partial charge in [-0.05, 0) is 50.6 Å². The van der Waals surface area contributed by atoms with E-state index in [4.69, 9.17) is 4.74 Å². The second-order valence-corrected chi connectivity index (χ2v) is 7.74. The van der Waals surface area contributed by atoms with Crippen LogP contribution in [0.25, 0.3) is 0 Å². The third kappa shape index (κ3) is 5.59. The summed E-state index contributed by atoms with van der Waals surface area (Å²) in [5.74, 6) is 0.656. The molecule has 1 heterocycles. The van der Waals surface area contributed by atoms with E-state index >= 15 is 0 Å². The standard InChI is InChI=1S/C16H26N2O3S/c1-14(12-18-9-4-3-5-10-18)17-22(19,20)13-15-7-6-8-16(11-15)21-2/h6-8,11,14,17H,3-5,9-10,12-13H2,1-2H3/t14-/m0/s1. The predicted octanol–water partition coefficient (Wildman–Crippen LogP) is 1.99. The van der Waals surface area contributed by atoms with Crippen molar-refractivity contribution in [3.05, 3.63) is 29.8 Å². The zero-order valence-electron chi connectivity index (χ0n) is 13.4. The third-order valence-corrected chi connectivity index (χ3v) is 5.33. The Bertz CT molecular complexity index is 569. The quantitative estimate of drug-likeness (QED) is 0.832. The minimum absolute atomic E-state index is 0.0193. The molecule has 0 saturated carbocycles. The Morgan fingerprint density at radius 2 is 2.00 bits per heavy atom. The van der Waals surface area contributed by atoms with Crippen LogP contribution >= 0.6 is 0 Å². The van der Waals surface area contributed by atoms with Gasteiger partial charge in [0.15, 0.2) is 0 Å². The van der Waals surface area contributed by atoms with Crippen molar-refractivity contribution in [1.82, 2.24) is 9.62 Å². The van der Waals surface area contributed by atoms with E-state index in [1.54, 1.807) is 25.3 Å². The van der Waals surface area contributed by atoms with Gasteiger partial charge in [-0.3, -0.25) is 0 Å². The minimum atomic E-state index is -3.34. The number of sulfonamides is 1. The number of ether oxygens (including phenoxy) is 1. The maximum absolute atomic E-state index is 12.3. The Balaban J connectivity index is 1.89. The first-order valence-corrected chi connectivity index (χ1v) is 9.49. The number of benzene rings is 1. The largest absolute Gasteiger partial charge is 0.497 e. The summed E-state index contributed by atoms with van der Waals surface area (Å²) in [7, 11) is -1.77. The first kappa shape index (κ1) is 17.2. The molecule has 0 radical (unpaired) electrons. The monoisotopic (exact) mass is 326 g/mol. The third-order valence-electron chi connectivity index (χ3n) is 3.85. The highest BCUT2D eigenvalue weighted by Crippen LogP contribution is 2.15. The Labute approximate surface area is 133 Å². The molecule has 1 atom stereocenters. The summed E-state index contributed by atoms with van der Waals surface area (Å²) < 4.78 is 32.5. The number of nitrogens with one attached hydrogen (secondary N) is 1. The molecular formula is C16H26N2O3S. The Hall–Kier alpha value is -1.11. The number of likely N-dealkylation sites (tertiary alicyclic amines) is 1. The summed E-state index contributed by atoms with van der Waals surface area (Å²) in [5, 5.41) is 0. The van der Waals surface area contributed by atoms with Crippen LogP contribution in [-0.2, 0) is 15.8 Å². The van der Waals surface area contributed by atoms with Gasteiger partial charge in [0.25, 0.3) is 0 Å². The van der Waals surface area contributed by atoms with Gasteiger partial charge in [-0.25, -0.2) is 13.1 Å². The molecule has 1 saturated heterocycles. The number of methoxy groups -OCH3 is 1. The van der Waals surface area contributed by atoms with Crippen LogP contribution < -0.4 is 9.46 Å². The molecule has 0 aromatic heterocycles. The fourth-order valence-corrected chi connectivity index (χ4v) is 4.29. The van der Waals surface area contributed by atoms with Crippen LogP contribution in [0.2, 0.25) is 0 Å². The summed E-state index contributed by atoms with van der Waals surface area (Å²) >= 11 is 0. The van der Waals surface area contributed by atoms with Gasteiger partial charge in [0.05, 0.1) is 12.9 Å². The van der Waals surface area contributed by atoms with Crippen molar-refractivity contribution in [2.24, 2.45) is 0 Å². The summed E-state index contributed by atoms with van der Waals surface area (Å²) in [6.07, 6.45) is 3.71. The molecule has 1 aromatic carbocycles. The Morgan fingerprint density at radius 3 is 2.68 bits per heavy atom. The Morgan fingerprint density at radius 1 is 1.27 bits per heavy atom. The lowest BCUT2D eigenvalue weighted by atomic mass is 10.1. The second-order valence-electron chi connectivity index (χ2n) is 5.99. The smallest absolute Gasteiger partial charge is 0.216 e. The fraction of sp³-hybridized carbons (Fsp3) is 0.625. The predicted molar refractivity (Wildman–Crippen MR) is 88.5 cm³/mol. The SMILES string of the molecule is COc1cccc(CS(=O)(=O)N[C@@H](C)CN2CCCCC2)c1. The molecule has 0 unspecified atom stereocenters. The lowest BCUT2D eigenvalue weighted by Crippen LogP contribution is -2.43. The van der Waals surface area contributed by atoms with Gasteiger partial charge in [-0.2, -0.15) is 0 Å². The van der Waals surface area contributed by atoms with E-state index in [0.29, 0.717) is 5.75 Å². The number of piperidine rings is 1. The molecule has 124 valence electrons. The van der Waals surface area contributed by atoms with Crippen LogP contribution in [0.5, 0.6) is 5.75 Å². The minimum Gasteiger partial charge on any atom is -0.497 e. The van der Waals surface area contributed by atoms with Crippen LogP contribution in [0, 0.1) is 0 Å². The fourth-order valence-electron chi connectivity index (χ4n) is 2.90. The molecule has 1 fully saturated rings. The highest BCUT2D eigenvalue weighted by molar-refractivity contribution is 7.88. The highest BCUT2D eigenvalue weighted by Gasteiger charge is 2.19. The van der Waals surface area contributed by atoms with Crippen LogP contribution in [0.1, 0.15) is 31.7 Å². The molecule has 1 N–H and O–H groups in total. The maximum atomic E-state index is 12.3. The van der Waals surface area contributed by atoms with Crippen LogP contribution in [0.15, 0.2) is 24.3 Å². The highest BCUT2D eigenvalue weighted by atomic mass is 32.2. The molecule has 5 nitrogen and oxygen atoms in total. The van der Waals surface area contributed by atoms with Gasteiger partial charge in [-0.15, -0.1) is 0 Å². The topological polar surface area (TPSA) is 58.6 Å². The number of hydrogen-bond acceptors (Lipinski definition) is 4. The number of hydrogen-bond donors (Lipinski definition) is 1. The first-order chi connectivity index (χ1) is 10.5. The van der Waals surface area contributed by atoms with Gasteiger partial charge in [0, 0.05) is 12.6 Å². The molecular weight excluding hydrogens is 300 g/mol. The van der Waals surface area contributed by atoms with E-state index in [0.717, 1.165) is 25.2 Å². The molecule has 0 aliphatic carbocycles. The van der Waals surface area contributed by atoms with E-state index in [1.165, 1.54) is 19.3 Å². The second kappa shape index (κ2) is 7.94. The average Bonchev–Trinajstić information content (AvgIpc) is 2.47. The summed E-state index contributed by atoms with van der Waals surface area (Å²) in [6.45, 7) is 4.85. The number of nitrogens with zero attached hydrogens (tertiary/aromatic N) is 1. The molecule has 1 aliphatic heterocycles. The van der Waals surface area contributed by atoms with Gasteiger partial charge < -0.3 is 9.64 Å². The van der Waals surface area contributed by atoms with E-state index in [9.17, 15) is 8.42 Å². The number of rotatable bonds is 7. The normalized spacial score (nSPS) is 18.1. The molecule has 0 amide bonds. The van der Waals surface area contributed by atoms with Crippen molar-refractivity contribution in [3.63, 3.8) is 0 Å². The Kier molecular flexibility index (Phi) is 6.23. The molecule has 22 heavy (non-hydrogen) atoms. The first-order valence-electron chi connectivity index (χ1n) is 7.84. The van der Waals surface area contributed by atoms with E-state index in [-0.39, 0.29) is 11.8 Å².